The molecule has 1 unspecified atom stereocenters. The third-order valence-corrected chi connectivity index (χ3v) is 3.36. The van der Waals surface area contributed by atoms with E-state index in [-0.39, 0.29) is 11.1 Å². The van der Waals surface area contributed by atoms with Crippen molar-refractivity contribution < 1.29 is 9.90 Å². The Hall–Kier alpha value is -1.32. The van der Waals surface area contributed by atoms with Gasteiger partial charge in [0.05, 0.1) is 5.69 Å². The van der Waals surface area contributed by atoms with Crippen molar-refractivity contribution in [3.8, 4) is 0 Å². The fourth-order valence-electron chi connectivity index (χ4n) is 2.57. The summed E-state index contributed by atoms with van der Waals surface area (Å²) >= 11 is 0. The minimum absolute atomic E-state index is 0.117. The molecule has 0 amide bonds. The monoisotopic (exact) mass is 236 g/mol. The number of carboxylic acids is 1. The Morgan fingerprint density at radius 3 is 2.65 bits per heavy atom. The van der Waals surface area contributed by atoms with Crippen LogP contribution in [0.1, 0.15) is 68.6 Å². The van der Waals surface area contributed by atoms with Gasteiger partial charge in [-0.15, -0.1) is 0 Å². The summed E-state index contributed by atoms with van der Waals surface area (Å²) in [4.78, 5) is 15.6. The van der Waals surface area contributed by atoms with Gasteiger partial charge < -0.3 is 9.67 Å². The van der Waals surface area contributed by atoms with Gasteiger partial charge in [0.25, 0.3) is 0 Å². The molecule has 1 aromatic rings. The quantitative estimate of drug-likeness (QED) is 0.815. The predicted molar refractivity (Wildman–Crippen MR) is 65.5 cm³/mol. The lowest BCUT2D eigenvalue weighted by Gasteiger charge is -2.28. The number of hydrogen-bond acceptors (Lipinski definition) is 2. The number of aromatic nitrogens is 2. The molecule has 4 nitrogen and oxygen atoms in total. The smallest absolute Gasteiger partial charge is 0.356 e. The largest absolute Gasteiger partial charge is 0.476 e. The molecule has 2 heterocycles. The van der Waals surface area contributed by atoms with Crippen LogP contribution in [0.25, 0.3) is 0 Å². The van der Waals surface area contributed by atoms with E-state index in [0.29, 0.717) is 6.04 Å². The highest BCUT2D eigenvalue weighted by atomic mass is 16.4. The number of fused-ring (bicyclic) bond motifs is 1. The van der Waals surface area contributed by atoms with Crippen LogP contribution in [0.2, 0.25) is 0 Å². The maximum atomic E-state index is 11.2. The van der Waals surface area contributed by atoms with Crippen molar-refractivity contribution in [2.45, 2.75) is 58.4 Å². The van der Waals surface area contributed by atoms with E-state index in [1.54, 1.807) is 0 Å². The first-order valence-electron chi connectivity index (χ1n) is 6.17. The van der Waals surface area contributed by atoms with Crippen LogP contribution in [-0.4, -0.2) is 20.6 Å². The average Bonchev–Trinajstić information content (AvgIpc) is 2.57. The van der Waals surface area contributed by atoms with Crippen LogP contribution in [0.5, 0.6) is 0 Å². The minimum Gasteiger partial charge on any atom is -0.476 e. The van der Waals surface area contributed by atoms with Gasteiger partial charge in [0.15, 0.2) is 5.69 Å². The Morgan fingerprint density at radius 2 is 2.12 bits per heavy atom. The van der Waals surface area contributed by atoms with E-state index < -0.39 is 5.97 Å². The van der Waals surface area contributed by atoms with Crippen LogP contribution in [0.3, 0.4) is 0 Å². The van der Waals surface area contributed by atoms with E-state index in [4.69, 9.17) is 0 Å². The van der Waals surface area contributed by atoms with Crippen LogP contribution in [-0.2, 0) is 11.8 Å². The molecule has 1 aromatic heterocycles. The van der Waals surface area contributed by atoms with Gasteiger partial charge >= 0.3 is 5.97 Å². The lowest BCUT2D eigenvalue weighted by Crippen LogP contribution is -2.24. The van der Waals surface area contributed by atoms with Gasteiger partial charge in [-0.25, -0.2) is 9.78 Å². The molecule has 1 N–H and O–H groups in total. The molecule has 1 atom stereocenters. The SMILES string of the molecule is CC1CCCc2c(C(=O)O)nc(C(C)(C)C)n21. The third kappa shape index (κ3) is 1.96. The molecule has 0 saturated carbocycles. The fourth-order valence-corrected chi connectivity index (χ4v) is 2.57. The second-order valence-corrected chi connectivity index (χ2v) is 5.90. The van der Waals surface area contributed by atoms with Crippen molar-refractivity contribution >= 4 is 5.97 Å². The van der Waals surface area contributed by atoms with Gasteiger partial charge in [0.1, 0.15) is 5.82 Å². The molecule has 94 valence electrons. The molecular formula is C13H20N2O2. The average molecular weight is 236 g/mol. The summed E-state index contributed by atoms with van der Waals surface area (Å²) in [5, 5.41) is 9.23. The lowest BCUT2D eigenvalue weighted by atomic mass is 9.94. The summed E-state index contributed by atoms with van der Waals surface area (Å²) in [6.07, 6.45) is 2.98. The van der Waals surface area contributed by atoms with Crippen molar-refractivity contribution in [3.63, 3.8) is 0 Å². The van der Waals surface area contributed by atoms with Crippen LogP contribution in [0.15, 0.2) is 0 Å². The van der Waals surface area contributed by atoms with Gasteiger partial charge in [0, 0.05) is 11.5 Å². The molecule has 1 aliphatic heterocycles. The number of rotatable bonds is 1. The number of carbonyl (C=O) groups is 1. The molecule has 4 heteroatoms. The van der Waals surface area contributed by atoms with E-state index in [0.717, 1.165) is 30.8 Å². The Balaban J connectivity index is 2.65. The van der Waals surface area contributed by atoms with Crippen molar-refractivity contribution in [2.24, 2.45) is 0 Å². The van der Waals surface area contributed by atoms with Crippen LogP contribution in [0, 0.1) is 0 Å². The molecule has 0 fully saturated rings. The van der Waals surface area contributed by atoms with Crippen LogP contribution in [0.4, 0.5) is 0 Å². The highest BCUT2D eigenvalue weighted by Gasteiger charge is 2.32. The number of aromatic carboxylic acids is 1. The maximum absolute atomic E-state index is 11.2. The Morgan fingerprint density at radius 1 is 1.47 bits per heavy atom. The number of imidazole rings is 1. The molecule has 0 saturated heterocycles. The molecular weight excluding hydrogens is 216 g/mol. The first-order chi connectivity index (χ1) is 7.82. The fraction of sp³-hybridized carbons (Fsp3) is 0.692. The topological polar surface area (TPSA) is 55.1 Å². The van der Waals surface area contributed by atoms with E-state index in [1.165, 1.54) is 0 Å². The Labute approximate surface area is 102 Å². The predicted octanol–water partition coefficient (Wildman–Crippen LogP) is 2.78. The third-order valence-electron chi connectivity index (χ3n) is 3.36. The van der Waals surface area contributed by atoms with Crippen molar-refractivity contribution in [2.75, 3.05) is 0 Å². The molecule has 1 aliphatic rings. The van der Waals surface area contributed by atoms with Crippen molar-refractivity contribution in [1.29, 1.82) is 0 Å². The highest BCUT2D eigenvalue weighted by Crippen LogP contribution is 2.33. The zero-order valence-corrected chi connectivity index (χ0v) is 10.9. The number of hydrogen-bond donors (Lipinski definition) is 1. The molecule has 17 heavy (non-hydrogen) atoms. The van der Waals surface area contributed by atoms with E-state index >= 15 is 0 Å². The zero-order chi connectivity index (χ0) is 12.8. The molecule has 0 spiro atoms. The first kappa shape index (κ1) is 12.1. The van der Waals surface area contributed by atoms with Gasteiger partial charge in [0.2, 0.25) is 0 Å². The maximum Gasteiger partial charge on any atom is 0.356 e. The van der Waals surface area contributed by atoms with Crippen molar-refractivity contribution in [1.82, 2.24) is 9.55 Å². The van der Waals surface area contributed by atoms with Crippen molar-refractivity contribution in [3.05, 3.63) is 17.2 Å². The summed E-state index contributed by atoms with van der Waals surface area (Å²) in [6, 6.07) is 0.355. The molecule has 0 aromatic carbocycles. The second-order valence-electron chi connectivity index (χ2n) is 5.90. The van der Waals surface area contributed by atoms with Gasteiger partial charge in [-0.3, -0.25) is 0 Å². The van der Waals surface area contributed by atoms with Crippen LogP contribution >= 0.6 is 0 Å². The summed E-state index contributed by atoms with van der Waals surface area (Å²) in [5.74, 6) is -0.00421. The molecule has 0 aliphatic carbocycles. The van der Waals surface area contributed by atoms with Gasteiger partial charge in [-0.1, -0.05) is 20.8 Å². The first-order valence-corrected chi connectivity index (χ1v) is 6.17. The standard InChI is InChI=1S/C13H20N2O2/c1-8-6-5-7-9-10(11(16)17)14-12(15(8)9)13(2,3)4/h8H,5-7H2,1-4H3,(H,16,17). The normalized spacial score (nSPS) is 20.1. The van der Waals surface area contributed by atoms with E-state index in [1.807, 2.05) is 0 Å². The molecule has 0 bridgehead atoms. The van der Waals surface area contributed by atoms with Gasteiger partial charge in [-0.05, 0) is 26.2 Å². The molecule has 0 radical (unpaired) electrons. The Bertz CT molecular complexity index is 455. The summed E-state index contributed by atoms with van der Waals surface area (Å²) < 4.78 is 2.15. The summed E-state index contributed by atoms with van der Waals surface area (Å²) in [5.41, 5.74) is 1.04. The van der Waals surface area contributed by atoms with Crippen LogP contribution < -0.4 is 0 Å². The summed E-state index contributed by atoms with van der Waals surface area (Å²) in [6.45, 7) is 8.38. The van der Waals surface area contributed by atoms with E-state index in [2.05, 4.69) is 37.2 Å². The lowest BCUT2D eigenvalue weighted by molar-refractivity contribution is 0.0689. The highest BCUT2D eigenvalue weighted by molar-refractivity contribution is 5.87. The molecule has 2 rings (SSSR count). The summed E-state index contributed by atoms with van der Waals surface area (Å²) in [7, 11) is 0. The second kappa shape index (κ2) is 3.86. The van der Waals surface area contributed by atoms with Gasteiger partial charge in [-0.2, -0.15) is 0 Å². The number of nitrogens with zero attached hydrogens (tertiary/aromatic N) is 2. The van der Waals surface area contributed by atoms with E-state index in [9.17, 15) is 9.90 Å². The Kier molecular flexibility index (Phi) is 2.76. The number of carboxylic acid groups (broad SMARTS) is 1. The minimum atomic E-state index is -0.904. The zero-order valence-electron chi connectivity index (χ0n) is 10.9.